The molecule has 0 saturated heterocycles. The van der Waals surface area contributed by atoms with Gasteiger partial charge in [0, 0.05) is 0 Å². The minimum Gasteiger partial charge on any atom is -0.463 e. The van der Waals surface area contributed by atoms with E-state index in [-0.39, 0.29) is 0 Å². The molecule has 0 aromatic heterocycles. The second kappa shape index (κ2) is 23.4. The van der Waals surface area contributed by atoms with Crippen molar-refractivity contribution in [1.82, 2.24) is 0 Å². The van der Waals surface area contributed by atoms with Crippen LogP contribution < -0.4 is 17.2 Å². The van der Waals surface area contributed by atoms with Crippen molar-refractivity contribution < 1.29 is 9.53 Å². The van der Waals surface area contributed by atoms with Crippen molar-refractivity contribution in [3.05, 3.63) is 35.9 Å². The van der Waals surface area contributed by atoms with E-state index in [9.17, 15) is 4.79 Å². The Bertz CT molecular complexity index is 206. The molecule has 0 spiro atoms. The van der Waals surface area contributed by atoms with Gasteiger partial charge >= 0.3 is 0 Å². The van der Waals surface area contributed by atoms with Gasteiger partial charge < -0.3 is 21.9 Å². The summed E-state index contributed by atoms with van der Waals surface area (Å²) in [5, 5.41) is 0. The molecule has 1 aromatic carbocycles. The molecule has 0 saturated carbocycles. The Kier molecular flexibility index (Phi) is 29.3. The average molecular weight is 229 g/mol. The van der Waals surface area contributed by atoms with Gasteiger partial charge in [0.25, 0.3) is 6.47 Å². The molecule has 5 nitrogen and oxygen atoms in total. The smallest absolute Gasteiger partial charge is 0.293 e. The molecule has 0 heterocycles. The van der Waals surface area contributed by atoms with Crippen molar-refractivity contribution >= 4 is 6.47 Å². The van der Waals surface area contributed by atoms with Gasteiger partial charge in [-0.15, -0.1) is 0 Å². The van der Waals surface area contributed by atoms with Gasteiger partial charge in [0.05, 0.1) is 0 Å². The lowest BCUT2D eigenvalue weighted by atomic mass is 10.2. The number of carbonyl (C=O) groups is 1. The molecule has 1 aromatic rings. The van der Waals surface area contributed by atoms with Crippen molar-refractivity contribution in [2.45, 2.75) is 6.61 Å². The van der Waals surface area contributed by atoms with Crippen molar-refractivity contribution in [3.8, 4) is 0 Å². The number of nitrogens with two attached hydrogens (primary N) is 3. The minimum atomic E-state index is 0.365. The number of ether oxygens (including phenoxy) is 1. The van der Waals surface area contributed by atoms with Crippen LogP contribution in [0.3, 0.4) is 0 Å². The number of carbonyl (C=O) groups excluding carboxylic acids is 1. The van der Waals surface area contributed by atoms with Crippen LogP contribution in [0, 0.1) is 0 Å². The summed E-state index contributed by atoms with van der Waals surface area (Å²) in [5.41, 5.74) is 14.5. The first-order chi connectivity index (χ1) is 7.93. The summed E-state index contributed by atoms with van der Waals surface area (Å²) in [6.07, 6.45) is 0. The number of hydrogen-bond acceptors (Lipinski definition) is 5. The first-order valence-corrected chi connectivity index (χ1v) is 4.76. The Morgan fingerprint density at radius 3 is 1.81 bits per heavy atom. The summed E-state index contributed by atoms with van der Waals surface area (Å²) < 4.78 is 4.54. The van der Waals surface area contributed by atoms with Gasteiger partial charge in [0.1, 0.15) is 6.61 Å². The number of hydrogen-bond donors (Lipinski definition) is 3. The Hall–Kier alpha value is -1.43. The van der Waals surface area contributed by atoms with E-state index >= 15 is 0 Å². The molecule has 16 heavy (non-hydrogen) atoms. The van der Waals surface area contributed by atoms with E-state index in [2.05, 4.69) is 21.9 Å². The molecular weight excluding hydrogens is 206 g/mol. The van der Waals surface area contributed by atoms with Crippen LogP contribution in [0.2, 0.25) is 0 Å². The van der Waals surface area contributed by atoms with Crippen LogP contribution in [0.25, 0.3) is 0 Å². The summed E-state index contributed by atoms with van der Waals surface area (Å²) in [4.78, 5) is 9.76. The third-order valence-electron chi connectivity index (χ3n) is 1.16. The van der Waals surface area contributed by atoms with Gasteiger partial charge in [-0.2, -0.15) is 0 Å². The zero-order valence-electron chi connectivity index (χ0n) is 10.2. The van der Waals surface area contributed by atoms with Crippen molar-refractivity contribution in [2.24, 2.45) is 17.2 Å². The highest BCUT2D eigenvalue weighted by Crippen LogP contribution is 1.98. The van der Waals surface area contributed by atoms with E-state index in [1.165, 1.54) is 21.1 Å². The summed E-state index contributed by atoms with van der Waals surface area (Å²) >= 11 is 0. The Morgan fingerprint density at radius 2 is 1.44 bits per heavy atom. The van der Waals surface area contributed by atoms with Crippen LogP contribution in [0.4, 0.5) is 0 Å². The predicted octanol–water partition coefficient (Wildman–Crippen LogP) is 0.0843. The van der Waals surface area contributed by atoms with E-state index in [0.717, 1.165) is 5.56 Å². The molecule has 0 aliphatic heterocycles. The summed E-state index contributed by atoms with van der Waals surface area (Å²) in [6, 6.07) is 9.55. The zero-order valence-corrected chi connectivity index (χ0v) is 10.2. The normalized spacial score (nSPS) is 6.62. The average Bonchev–Trinajstić information content (AvgIpc) is 2.44. The molecular formula is C11H23N3O2. The largest absolute Gasteiger partial charge is 0.463 e. The summed E-state index contributed by atoms with van der Waals surface area (Å²) in [6.45, 7) is 0.817. The van der Waals surface area contributed by atoms with Crippen LogP contribution in [0.15, 0.2) is 30.3 Å². The topological polar surface area (TPSA) is 104 Å². The van der Waals surface area contributed by atoms with Gasteiger partial charge in [0.2, 0.25) is 0 Å². The molecule has 5 heteroatoms. The number of rotatable bonds is 3. The van der Waals surface area contributed by atoms with Crippen molar-refractivity contribution in [3.63, 3.8) is 0 Å². The van der Waals surface area contributed by atoms with Gasteiger partial charge in [-0.25, -0.2) is 0 Å². The molecule has 0 atom stereocenters. The third kappa shape index (κ3) is 15.1. The number of benzene rings is 1. The molecule has 0 bridgehead atoms. The fourth-order valence-corrected chi connectivity index (χ4v) is 0.704. The maximum atomic E-state index is 9.76. The van der Waals surface area contributed by atoms with Crippen LogP contribution in [-0.2, 0) is 16.1 Å². The summed E-state index contributed by atoms with van der Waals surface area (Å²) in [7, 11) is 4.50. The van der Waals surface area contributed by atoms with Gasteiger partial charge in [0.15, 0.2) is 0 Å². The predicted molar refractivity (Wildman–Crippen MR) is 67.6 cm³/mol. The second-order valence-electron chi connectivity index (χ2n) is 1.89. The van der Waals surface area contributed by atoms with E-state index in [4.69, 9.17) is 0 Å². The van der Waals surface area contributed by atoms with Crippen LogP contribution in [0.5, 0.6) is 0 Å². The lowest BCUT2D eigenvalue weighted by Gasteiger charge is -1.95. The van der Waals surface area contributed by atoms with Gasteiger partial charge in [-0.3, -0.25) is 4.79 Å². The lowest BCUT2D eigenvalue weighted by molar-refractivity contribution is -0.129. The minimum absolute atomic E-state index is 0.365. The first-order valence-electron chi connectivity index (χ1n) is 4.76. The highest BCUT2D eigenvalue weighted by molar-refractivity contribution is 5.37. The summed E-state index contributed by atoms with van der Waals surface area (Å²) in [5.74, 6) is 0. The maximum Gasteiger partial charge on any atom is 0.293 e. The fourth-order valence-electron chi connectivity index (χ4n) is 0.704. The SMILES string of the molecule is CN.CN.CN.O=COCc1ccccc1. The monoisotopic (exact) mass is 229 g/mol. The molecule has 1 rings (SSSR count). The Balaban J connectivity index is -0.000000245. The standard InChI is InChI=1S/C8H8O2.3CH5N/c9-7-10-6-8-4-2-1-3-5-8;3*1-2/h1-5,7H,6H2;3*2H2,1H3. The van der Waals surface area contributed by atoms with Crippen LogP contribution in [-0.4, -0.2) is 27.6 Å². The second-order valence-corrected chi connectivity index (χ2v) is 1.89. The first kappa shape index (κ1) is 20.0. The van der Waals surface area contributed by atoms with Crippen molar-refractivity contribution in [2.75, 3.05) is 21.1 Å². The quantitative estimate of drug-likeness (QED) is 0.637. The van der Waals surface area contributed by atoms with Crippen molar-refractivity contribution in [1.29, 1.82) is 0 Å². The molecule has 0 aliphatic rings. The molecule has 0 unspecified atom stereocenters. The molecule has 0 radical (unpaired) electrons. The van der Waals surface area contributed by atoms with E-state index in [1.54, 1.807) is 0 Å². The Morgan fingerprint density at radius 1 is 1.00 bits per heavy atom. The van der Waals surface area contributed by atoms with Gasteiger partial charge in [-0.05, 0) is 26.7 Å². The highest BCUT2D eigenvalue weighted by atomic mass is 16.5. The van der Waals surface area contributed by atoms with Crippen LogP contribution >= 0.6 is 0 Å². The Labute approximate surface area is 97.6 Å². The maximum absolute atomic E-state index is 9.76. The van der Waals surface area contributed by atoms with E-state index < -0.39 is 0 Å². The molecule has 6 N–H and O–H groups in total. The highest BCUT2D eigenvalue weighted by Gasteiger charge is 1.87. The molecule has 0 aliphatic carbocycles. The van der Waals surface area contributed by atoms with E-state index in [0.29, 0.717) is 13.1 Å². The lowest BCUT2D eigenvalue weighted by Crippen LogP contribution is -1.88. The third-order valence-corrected chi connectivity index (χ3v) is 1.16. The van der Waals surface area contributed by atoms with E-state index in [1.807, 2.05) is 30.3 Å². The molecule has 94 valence electrons. The molecule has 0 fully saturated rings. The van der Waals surface area contributed by atoms with Gasteiger partial charge in [-0.1, -0.05) is 30.3 Å². The zero-order chi connectivity index (χ0) is 13.2. The van der Waals surface area contributed by atoms with Crippen LogP contribution in [0.1, 0.15) is 5.56 Å². The fraction of sp³-hybridized carbons (Fsp3) is 0.364. The molecule has 0 amide bonds.